The molecule has 1 saturated heterocycles. The number of piperidine rings is 1. The molecule has 1 heterocycles. The highest BCUT2D eigenvalue weighted by molar-refractivity contribution is 5.94. The monoisotopic (exact) mass is 235 g/mol. The minimum atomic E-state index is -0.299. The highest BCUT2D eigenvalue weighted by Crippen LogP contribution is 2.21. The third-order valence-electron chi connectivity index (χ3n) is 3.45. The summed E-state index contributed by atoms with van der Waals surface area (Å²) in [5.74, 6) is -0.260. The summed E-state index contributed by atoms with van der Waals surface area (Å²) >= 11 is 0. The first-order chi connectivity index (χ1) is 8.22. The molecule has 1 aliphatic heterocycles. The van der Waals surface area contributed by atoms with E-state index in [0.29, 0.717) is 11.6 Å². The molecule has 0 aromatic heterocycles. The second-order valence-electron chi connectivity index (χ2n) is 4.56. The fourth-order valence-corrected chi connectivity index (χ4v) is 2.45. The molecule has 0 N–H and O–H groups in total. The van der Waals surface area contributed by atoms with E-state index in [0.717, 1.165) is 25.8 Å². The quantitative estimate of drug-likeness (QED) is 0.770. The third-order valence-corrected chi connectivity index (χ3v) is 3.45. The molecular formula is C14H18FNO. The molecule has 92 valence electrons. The van der Waals surface area contributed by atoms with E-state index in [-0.39, 0.29) is 11.7 Å². The first kappa shape index (κ1) is 12.1. The van der Waals surface area contributed by atoms with Crippen molar-refractivity contribution >= 4 is 5.91 Å². The maximum absolute atomic E-state index is 12.8. The van der Waals surface area contributed by atoms with E-state index >= 15 is 0 Å². The van der Waals surface area contributed by atoms with Crippen molar-refractivity contribution in [3.05, 3.63) is 35.6 Å². The van der Waals surface area contributed by atoms with Crippen molar-refractivity contribution in [2.75, 3.05) is 6.54 Å². The van der Waals surface area contributed by atoms with Crippen LogP contribution in [0.1, 0.15) is 43.0 Å². The molecule has 1 aromatic carbocycles. The maximum Gasteiger partial charge on any atom is 0.254 e. The number of nitrogens with zero attached hydrogens (tertiary/aromatic N) is 1. The van der Waals surface area contributed by atoms with Crippen LogP contribution in [0.15, 0.2) is 24.3 Å². The van der Waals surface area contributed by atoms with Gasteiger partial charge in [0, 0.05) is 18.2 Å². The van der Waals surface area contributed by atoms with Crippen molar-refractivity contribution in [1.29, 1.82) is 0 Å². The molecule has 0 bridgehead atoms. The van der Waals surface area contributed by atoms with Gasteiger partial charge in [0.1, 0.15) is 5.82 Å². The zero-order chi connectivity index (χ0) is 12.3. The normalized spacial score (nSPS) is 20.4. The number of carbonyl (C=O) groups excluding carboxylic acids is 1. The lowest BCUT2D eigenvalue weighted by Gasteiger charge is -2.35. The molecule has 2 rings (SSSR count). The standard InChI is InChI=1S/C14H18FNO/c1-2-13-5-3-4-10-16(13)14(17)11-6-8-12(15)9-7-11/h6-9,13H,2-5,10H2,1H3. The van der Waals surface area contributed by atoms with Crippen LogP contribution in [0.25, 0.3) is 0 Å². The predicted octanol–water partition coefficient (Wildman–Crippen LogP) is 3.23. The third kappa shape index (κ3) is 2.65. The molecule has 1 aliphatic rings. The Balaban J connectivity index is 2.15. The summed E-state index contributed by atoms with van der Waals surface area (Å²) in [7, 11) is 0. The number of carbonyl (C=O) groups is 1. The number of hydrogen-bond donors (Lipinski definition) is 0. The van der Waals surface area contributed by atoms with Gasteiger partial charge in [0.05, 0.1) is 0 Å². The molecule has 1 aromatic rings. The first-order valence-corrected chi connectivity index (χ1v) is 6.29. The van der Waals surface area contributed by atoms with Gasteiger partial charge in [-0.05, 0) is 49.9 Å². The van der Waals surface area contributed by atoms with Gasteiger partial charge < -0.3 is 4.90 Å². The van der Waals surface area contributed by atoms with Crippen LogP contribution < -0.4 is 0 Å². The lowest BCUT2D eigenvalue weighted by molar-refractivity contribution is 0.0608. The summed E-state index contributed by atoms with van der Waals surface area (Å²) in [5, 5.41) is 0. The topological polar surface area (TPSA) is 20.3 Å². The molecule has 1 fully saturated rings. The summed E-state index contributed by atoms with van der Waals surface area (Å²) in [6.45, 7) is 2.94. The van der Waals surface area contributed by atoms with E-state index < -0.39 is 0 Å². The summed E-state index contributed by atoms with van der Waals surface area (Å²) in [6.07, 6.45) is 4.35. The number of halogens is 1. The van der Waals surface area contributed by atoms with Gasteiger partial charge in [0.25, 0.3) is 5.91 Å². The van der Waals surface area contributed by atoms with Gasteiger partial charge in [-0.2, -0.15) is 0 Å². The molecule has 0 radical (unpaired) electrons. The number of hydrogen-bond acceptors (Lipinski definition) is 1. The van der Waals surface area contributed by atoms with Crippen molar-refractivity contribution in [2.45, 2.75) is 38.6 Å². The van der Waals surface area contributed by atoms with Crippen LogP contribution in [0, 0.1) is 5.82 Å². The Hall–Kier alpha value is -1.38. The largest absolute Gasteiger partial charge is 0.336 e. The number of benzene rings is 1. The van der Waals surface area contributed by atoms with Crippen LogP contribution in [0.2, 0.25) is 0 Å². The Morgan fingerprint density at radius 2 is 2.06 bits per heavy atom. The molecule has 0 saturated carbocycles. The molecule has 2 nitrogen and oxygen atoms in total. The number of rotatable bonds is 2. The minimum absolute atomic E-state index is 0.0385. The van der Waals surface area contributed by atoms with E-state index in [9.17, 15) is 9.18 Å². The zero-order valence-electron chi connectivity index (χ0n) is 10.2. The molecule has 17 heavy (non-hydrogen) atoms. The van der Waals surface area contributed by atoms with E-state index in [4.69, 9.17) is 0 Å². The second kappa shape index (κ2) is 5.30. The van der Waals surface area contributed by atoms with Crippen LogP contribution in [0.3, 0.4) is 0 Å². The van der Waals surface area contributed by atoms with E-state index in [1.165, 1.54) is 18.6 Å². The summed E-state index contributed by atoms with van der Waals surface area (Å²) in [6, 6.07) is 6.18. The summed E-state index contributed by atoms with van der Waals surface area (Å²) < 4.78 is 12.8. The Morgan fingerprint density at radius 1 is 1.35 bits per heavy atom. The minimum Gasteiger partial charge on any atom is -0.336 e. The molecule has 1 unspecified atom stereocenters. The van der Waals surface area contributed by atoms with Crippen LogP contribution >= 0.6 is 0 Å². The summed E-state index contributed by atoms with van der Waals surface area (Å²) in [4.78, 5) is 14.2. The zero-order valence-corrected chi connectivity index (χ0v) is 10.2. The van der Waals surface area contributed by atoms with Crippen molar-refractivity contribution in [2.24, 2.45) is 0 Å². The second-order valence-corrected chi connectivity index (χ2v) is 4.56. The Kier molecular flexibility index (Phi) is 3.77. The molecule has 1 amide bonds. The Labute approximate surface area is 101 Å². The highest BCUT2D eigenvalue weighted by Gasteiger charge is 2.25. The smallest absolute Gasteiger partial charge is 0.254 e. The lowest BCUT2D eigenvalue weighted by Crippen LogP contribution is -2.43. The van der Waals surface area contributed by atoms with Gasteiger partial charge in [0.15, 0.2) is 0 Å². The highest BCUT2D eigenvalue weighted by atomic mass is 19.1. The molecular weight excluding hydrogens is 217 g/mol. The van der Waals surface area contributed by atoms with Gasteiger partial charge in [0.2, 0.25) is 0 Å². The maximum atomic E-state index is 12.8. The van der Waals surface area contributed by atoms with Gasteiger partial charge in [-0.3, -0.25) is 4.79 Å². The fraction of sp³-hybridized carbons (Fsp3) is 0.500. The Bertz CT molecular complexity index is 388. The van der Waals surface area contributed by atoms with Crippen LogP contribution in [-0.2, 0) is 0 Å². The predicted molar refractivity (Wildman–Crippen MR) is 65.4 cm³/mol. The van der Waals surface area contributed by atoms with E-state index in [2.05, 4.69) is 6.92 Å². The van der Waals surface area contributed by atoms with Crippen LogP contribution in [0.5, 0.6) is 0 Å². The fourth-order valence-electron chi connectivity index (χ4n) is 2.45. The number of amides is 1. The van der Waals surface area contributed by atoms with E-state index in [1.807, 2.05) is 4.90 Å². The van der Waals surface area contributed by atoms with Crippen LogP contribution in [0.4, 0.5) is 4.39 Å². The van der Waals surface area contributed by atoms with Crippen molar-refractivity contribution < 1.29 is 9.18 Å². The average Bonchev–Trinajstić information content (AvgIpc) is 2.39. The van der Waals surface area contributed by atoms with Crippen LogP contribution in [-0.4, -0.2) is 23.4 Å². The molecule has 0 spiro atoms. The molecule has 3 heteroatoms. The van der Waals surface area contributed by atoms with Crippen molar-refractivity contribution in [1.82, 2.24) is 4.90 Å². The Morgan fingerprint density at radius 3 is 2.71 bits per heavy atom. The van der Waals surface area contributed by atoms with Gasteiger partial charge in [-0.1, -0.05) is 6.92 Å². The van der Waals surface area contributed by atoms with Gasteiger partial charge >= 0.3 is 0 Å². The van der Waals surface area contributed by atoms with Gasteiger partial charge in [-0.25, -0.2) is 4.39 Å². The first-order valence-electron chi connectivity index (χ1n) is 6.29. The summed E-state index contributed by atoms with van der Waals surface area (Å²) in [5.41, 5.74) is 0.590. The SMILES string of the molecule is CCC1CCCCN1C(=O)c1ccc(F)cc1. The average molecular weight is 235 g/mol. The van der Waals surface area contributed by atoms with Gasteiger partial charge in [-0.15, -0.1) is 0 Å². The number of likely N-dealkylation sites (tertiary alicyclic amines) is 1. The lowest BCUT2D eigenvalue weighted by atomic mass is 9.99. The molecule has 1 atom stereocenters. The van der Waals surface area contributed by atoms with Crippen molar-refractivity contribution in [3.8, 4) is 0 Å². The molecule has 0 aliphatic carbocycles. The van der Waals surface area contributed by atoms with Crippen molar-refractivity contribution in [3.63, 3.8) is 0 Å². The van der Waals surface area contributed by atoms with E-state index in [1.54, 1.807) is 12.1 Å².